The lowest BCUT2D eigenvalue weighted by atomic mass is 10.1. The number of amides is 3. The second kappa shape index (κ2) is 10.7. The average Bonchev–Trinajstić information content (AvgIpc) is 2.80. The van der Waals surface area contributed by atoms with Crippen LogP contribution >= 0.6 is 0 Å². The Balaban J connectivity index is 1.73. The van der Waals surface area contributed by atoms with Gasteiger partial charge < -0.3 is 16.0 Å². The number of nitro benzene ring substituents is 1. The maximum absolute atomic E-state index is 12.8. The Labute approximate surface area is 195 Å². The molecule has 0 aliphatic heterocycles. The molecule has 3 rings (SSSR count). The number of benzene rings is 3. The summed E-state index contributed by atoms with van der Waals surface area (Å²) >= 11 is 0. The molecule has 34 heavy (non-hydrogen) atoms. The Morgan fingerprint density at radius 2 is 1.53 bits per heavy atom. The molecular weight excluding hydrogens is 436 g/mol. The first-order chi connectivity index (χ1) is 16.2. The van der Waals surface area contributed by atoms with Gasteiger partial charge in [-0.1, -0.05) is 30.3 Å². The largest absolute Gasteiger partial charge is 0.322 e. The maximum Gasteiger partial charge on any atom is 0.272 e. The Morgan fingerprint density at radius 3 is 2.15 bits per heavy atom. The minimum atomic E-state index is -0.613. The molecule has 0 heterocycles. The van der Waals surface area contributed by atoms with E-state index in [1.807, 2.05) is 19.1 Å². The predicted molar refractivity (Wildman–Crippen MR) is 129 cm³/mol. The molecule has 0 aliphatic rings. The number of nitrogens with zero attached hydrogens (tertiary/aromatic N) is 1. The van der Waals surface area contributed by atoms with Crippen molar-refractivity contribution in [1.29, 1.82) is 0 Å². The molecule has 0 bridgehead atoms. The monoisotopic (exact) mass is 458 g/mol. The van der Waals surface area contributed by atoms with Crippen LogP contribution in [0.3, 0.4) is 0 Å². The minimum Gasteiger partial charge on any atom is -0.322 e. The first-order valence-corrected chi connectivity index (χ1v) is 10.2. The fourth-order valence-electron chi connectivity index (χ4n) is 3.10. The third kappa shape index (κ3) is 6.36. The van der Waals surface area contributed by atoms with Crippen molar-refractivity contribution >= 4 is 40.9 Å². The number of hydrogen-bond donors (Lipinski definition) is 3. The van der Waals surface area contributed by atoms with Gasteiger partial charge in [0.25, 0.3) is 17.5 Å². The first-order valence-electron chi connectivity index (χ1n) is 10.2. The van der Waals surface area contributed by atoms with Gasteiger partial charge in [0.15, 0.2) is 0 Å². The summed E-state index contributed by atoms with van der Waals surface area (Å²) in [5.41, 5.74) is 2.54. The van der Waals surface area contributed by atoms with E-state index in [0.29, 0.717) is 22.5 Å². The topological polar surface area (TPSA) is 130 Å². The van der Waals surface area contributed by atoms with E-state index in [4.69, 9.17) is 0 Å². The molecule has 3 amide bonds. The zero-order valence-corrected chi connectivity index (χ0v) is 18.5. The molecule has 0 unspecified atom stereocenters. The van der Waals surface area contributed by atoms with Gasteiger partial charge in [-0.2, -0.15) is 0 Å². The molecule has 0 saturated heterocycles. The first kappa shape index (κ1) is 23.9. The fourth-order valence-corrected chi connectivity index (χ4v) is 3.10. The number of non-ortho nitro benzene ring substituents is 1. The van der Waals surface area contributed by atoms with Crippen molar-refractivity contribution in [2.75, 3.05) is 10.6 Å². The number of nitrogens with one attached hydrogen (secondary N) is 3. The van der Waals surface area contributed by atoms with E-state index in [1.165, 1.54) is 31.2 Å². The van der Waals surface area contributed by atoms with Gasteiger partial charge in [0.2, 0.25) is 5.91 Å². The number of aryl methyl sites for hydroxylation is 1. The van der Waals surface area contributed by atoms with E-state index in [-0.39, 0.29) is 17.3 Å². The average molecular weight is 458 g/mol. The highest BCUT2D eigenvalue weighted by Gasteiger charge is 2.14. The van der Waals surface area contributed by atoms with Crippen molar-refractivity contribution < 1.29 is 19.3 Å². The van der Waals surface area contributed by atoms with Crippen molar-refractivity contribution in [3.8, 4) is 0 Å². The van der Waals surface area contributed by atoms with Crippen LogP contribution in [0, 0.1) is 17.0 Å². The summed E-state index contributed by atoms with van der Waals surface area (Å²) in [6.07, 6.45) is 1.35. The summed E-state index contributed by atoms with van der Waals surface area (Å²) in [6, 6.07) is 19.4. The summed E-state index contributed by atoms with van der Waals surface area (Å²) in [7, 11) is 0. The van der Waals surface area contributed by atoms with Crippen LogP contribution in [0.15, 0.2) is 78.5 Å². The second-order valence-electron chi connectivity index (χ2n) is 7.39. The highest BCUT2D eigenvalue weighted by atomic mass is 16.6. The number of hydrogen-bond acceptors (Lipinski definition) is 5. The summed E-state index contributed by atoms with van der Waals surface area (Å²) in [5, 5.41) is 18.9. The van der Waals surface area contributed by atoms with Gasteiger partial charge in [0.05, 0.1) is 4.92 Å². The van der Waals surface area contributed by atoms with Crippen LogP contribution in [0.2, 0.25) is 0 Å². The lowest BCUT2D eigenvalue weighted by Gasteiger charge is -2.11. The smallest absolute Gasteiger partial charge is 0.272 e. The van der Waals surface area contributed by atoms with Crippen molar-refractivity contribution in [1.82, 2.24) is 5.32 Å². The van der Waals surface area contributed by atoms with E-state index in [1.54, 1.807) is 42.5 Å². The van der Waals surface area contributed by atoms with Gasteiger partial charge >= 0.3 is 0 Å². The molecular formula is C25H22N4O5. The van der Waals surface area contributed by atoms with E-state index in [9.17, 15) is 24.5 Å². The molecule has 0 radical (unpaired) electrons. The van der Waals surface area contributed by atoms with Gasteiger partial charge in [-0.3, -0.25) is 24.5 Å². The highest BCUT2D eigenvalue weighted by Crippen LogP contribution is 2.18. The quantitative estimate of drug-likeness (QED) is 0.276. The van der Waals surface area contributed by atoms with Crippen LogP contribution in [-0.4, -0.2) is 22.6 Å². The maximum atomic E-state index is 12.8. The fraction of sp³-hybridized carbons (Fsp3) is 0.0800. The van der Waals surface area contributed by atoms with Crippen LogP contribution in [0.5, 0.6) is 0 Å². The Hall–Kier alpha value is -4.79. The number of carbonyl (C=O) groups excluding carboxylic acids is 3. The molecule has 0 saturated carbocycles. The molecule has 3 aromatic carbocycles. The summed E-state index contributed by atoms with van der Waals surface area (Å²) in [4.78, 5) is 47.2. The predicted octanol–water partition coefficient (Wildman–Crippen LogP) is 4.27. The SMILES string of the molecule is CC(=O)N/C(=C\c1cccc([N+](=O)[O-])c1)C(=O)Nc1ccc(NC(=O)c2ccccc2C)cc1. The van der Waals surface area contributed by atoms with Crippen molar-refractivity contribution in [2.45, 2.75) is 13.8 Å². The van der Waals surface area contributed by atoms with Crippen LogP contribution < -0.4 is 16.0 Å². The lowest BCUT2D eigenvalue weighted by molar-refractivity contribution is -0.384. The molecule has 0 fully saturated rings. The molecule has 9 nitrogen and oxygen atoms in total. The standard InChI is InChI=1S/C25H22N4O5/c1-16-6-3-4-9-22(16)24(31)27-19-10-12-20(13-11-19)28-25(32)23(26-17(2)30)15-18-7-5-8-21(14-18)29(33)34/h3-15H,1-2H3,(H,26,30)(H,27,31)(H,28,32)/b23-15-. The van der Waals surface area contributed by atoms with E-state index >= 15 is 0 Å². The van der Waals surface area contributed by atoms with Crippen LogP contribution in [0.1, 0.15) is 28.4 Å². The van der Waals surface area contributed by atoms with Gasteiger partial charge in [-0.05, 0) is 54.5 Å². The summed E-state index contributed by atoms with van der Waals surface area (Å²) in [6.45, 7) is 3.10. The van der Waals surface area contributed by atoms with E-state index in [0.717, 1.165) is 5.56 Å². The van der Waals surface area contributed by atoms with Gasteiger partial charge in [-0.25, -0.2) is 0 Å². The lowest BCUT2D eigenvalue weighted by Crippen LogP contribution is -2.28. The molecule has 3 N–H and O–H groups in total. The van der Waals surface area contributed by atoms with Crippen LogP contribution in [0.4, 0.5) is 17.1 Å². The number of nitro groups is 1. The van der Waals surface area contributed by atoms with Crippen molar-refractivity contribution in [3.63, 3.8) is 0 Å². The zero-order chi connectivity index (χ0) is 24.7. The highest BCUT2D eigenvalue weighted by molar-refractivity contribution is 6.09. The number of rotatable bonds is 7. The number of anilines is 2. The zero-order valence-electron chi connectivity index (χ0n) is 18.5. The molecule has 0 spiro atoms. The van der Waals surface area contributed by atoms with Gasteiger partial charge in [0.1, 0.15) is 5.70 Å². The second-order valence-corrected chi connectivity index (χ2v) is 7.39. The summed E-state index contributed by atoms with van der Waals surface area (Å²) < 4.78 is 0. The normalized spacial score (nSPS) is 10.8. The molecule has 0 atom stereocenters. The summed E-state index contributed by atoms with van der Waals surface area (Å²) in [5.74, 6) is -1.33. The van der Waals surface area contributed by atoms with Gasteiger partial charge in [0, 0.05) is 36.0 Å². The number of carbonyl (C=O) groups is 3. The third-order valence-corrected chi connectivity index (χ3v) is 4.74. The Kier molecular flexibility index (Phi) is 7.50. The van der Waals surface area contributed by atoms with Crippen LogP contribution in [-0.2, 0) is 9.59 Å². The Bertz CT molecular complexity index is 1280. The Morgan fingerprint density at radius 1 is 0.882 bits per heavy atom. The minimum absolute atomic E-state index is 0.0788. The molecule has 0 aromatic heterocycles. The van der Waals surface area contributed by atoms with Gasteiger partial charge in [-0.15, -0.1) is 0 Å². The molecule has 3 aromatic rings. The molecule has 172 valence electrons. The van der Waals surface area contributed by atoms with Crippen molar-refractivity contribution in [3.05, 3.63) is 105 Å². The molecule has 9 heteroatoms. The van der Waals surface area contributed by atoms with Crippen LogP contribution in [0.25, 0.3) is 6.08 Å². The van der Waals surface area contributed by atoms with E-state index < -0.39 is 16.7 Å². The third-order valence-electron chi connectivity index (χ3n) is 4.74. The van der Waals surface area contributed by atoms with Crippen molar-refractivity contribution in [2.24, 2.45) is 0 Å². The van der Waals surface area contributed by atoms with E-state index in [2.05, 4.69) is 16.0 Å². The molecule has 0 aliphatic carbocycles.